The Morgan fingerprint density at radius 1 is 1.12 bits per heavy atom. The summed E-state index contributed by atoms with van der Waals surface area (Å²) in [5.41, 5.74) is 1.44. The van der Waals surface area contributed by atoms with Crippen molar-refractivity contribution in [3.8, 4) is 5.69 Å². The minimum Gasteiger partial charge on any atom is -0.424 e. The molecule has 126 valence electrons. The van der Waals surface area contributed by atoms with E-state index in [2.05, 4.69) is 25.8 Å². The molecule has 7 heteroatoms. The molecule has 0 fully saturated rings. The topological polar surface area (TPSA) is 81.7 Å². The molecule has 0 amide bonds. The lowest BCUT2D eigenvalue weighted by Gasteiger charge is -2.22. The first-order valence-electron chi connectivity index (χ1n) is 8.01. The van der Waals surface area contributed by atoms with Crippen molar-refractivity contribution in [1.29, 1.82) is 0 Å². The van der Waals surface area contributed by atoms with Gasteiger partial charge in [-0.1, -0.05) is 37.3 Å². The highest BCUT2D eigenvalue weighted by molar-refractivity contribution is 5.30. The Bertz CT molecular complexity index is 790. The lowest BCUT2D eigenvalue weighted by atomic mass is 10.0. The molecule has 0 saturated carbocycles. The van der Waals surface area contributed by atoms with E-state index in [1.54, 1.807) is 4.68 Å². The van der Waals surface area contributed by atoms with Gasteiger partial charge in [0.15, 0.2) is 0 Å². The van der Waals surface area contributed by atoms with Gasteiger partial charge in [-0.25, -0.2) is 4.68 Å². The zero-order chi connectivity index (χ0) is 17.2. The van der Waals surface area contributed by atoms with Crippen LogP contribution in [0.1, 0.15) is 51.1 Å². The summed E-state index contributed by atoms with van der Waals surface area (Å²) in [6.07, 6.45) is 1.93. The molecule has 0 aliphatic heterocycles. The second-order valence-electron chi connectivity index (χ2n) is 6.55. The molecule has 2 heterocycles. The van der Waals surface area contributed by atoms with Crippen molar-refractivity contribution in [1.82, 2.24) is 30.5 Å². The quantitative estimate of drug-likeness (QED) is 0.750. The molecular formula is C17H22N6O. The predicted octanol–water partition coefficient (Wildman–Crippen LogP) is 2.80. The summed E-state index contributed by atoms with van der Waals surface area (Å²) in [5.74, 6) is 1.45. The molecule has 0 aliphatic rings. The number of hydrogen-bond donors (Lipinski definition) is 1. The van der Waals surface area contributed by atoms with E-state index in [0.717, 1.165) is 11.4 Å². The second kappa shape index (κ2) is 6.52. The van der Waals surface area contributed by atoms with E-state index in [1.807, 2.05) is 64.2 Å². The first kappa shape index (κ1) is 16.3. The van der Waals surface area contributed by atoms with Crippen molar-refractivity contribution in [3.05, 3.63) is 54.0 Å². The minimum absolute atomic E-state index is 0.227. The first-order chi connectivity index (χ1) is 11.5. The SMILES string of the molecule is CC(C)c1nnc(CNC(C)(C)c2cn(-c3ccccc3)nn2)o1. The molecule has 0 unspecified atom stereocenters. The molecule has 0 saturated heterocycles. The highest BCUT2D eigenvalue weighted by atomic mass is 16.4. The average molecular weight is 326 g/mol. The zero-order valence-electron chi connectivity index (χ0n) is 14.4. The van der Waals surface area contributed by atoms with E-state index < -0.39 is 0 Å². The van der Waals surface area contributed by atoms with Crippen LogP contribution in [0.3, 0.4) is 0 Å². The van der Waals surface area contributed by atoms with Crippen LogP contribution in [0.15, 0.2) is 40.9 Å². The number of rotatable bonds is 6. The fraction of sp³-hybridized carbons (Fsp3) is 0.412. The van der Waals surface area contributed by atoms with Crippen LogP contribution in [0.25, 0.3) is 5.69 Å². The van der Waals surface area contributed by atoms with Crippen LogP contribution in [-0.4, -0.2) is 25.2 Å². The Morgan fingerprint density at radius 2 is 1.88 bits per heavy atom. The van der Waals surface area contributed by atoms with Gasteiger partial charge in [0.1, 0.15) is 5.69 Å². The van der Waals surface area contributed by atoms with Crippen molar-refractivity contribution in [2.75, 3.05) is 0 Å². The van der Waals surface area contributed by atoms with Crippen LogP contribution in [0.4, 0.5) is 0 Å². The summed E-state index contributed by atoms with van der Waals surface area (Å²) >= 11 is 0. The van der Waals surface area contributed by atoms with Gasteiger partial charge in [0.2, 0.25) is 11.8 Å². The standard InChI is InChI=1S/C17H22N6O/c1-12(2)16-21-20-15(24-16)10-18-17(3,4)14-11-23(22-19-14)13-8-6-5-7-9-13/h5-9,11-12,18H,10H2,1-4H3. The lowest BCUT2D eigenvalue weighted by Crippen LogP contribution is -2.36. The summed E-state index contributed by atoms with van der Waals surface area (Å²) in [6, 6.07) is 9.90. The van der Waals surface area contributed by atoms with Gasteiger partial charge in [-0.05, 0) is 26.0 Å². The van der Waals surface area contributed by atoms with Crippen LogP contribution in [0.5, 0.6) is 0 Å². The summed E-state index contributed by atoms with van der Waals surface area (Å²) in [5, 5.41) is 20.0. The van der Waals surface area contributed by atoms with Gasteiger partial charge in [0.05, 0.1) is 24.0 Å². The third kappa shape index (κ3) is 3.51. The van der Waals surface area contributed by atoms with Gasteiger partial charge in [-0.15, -0.1) is 15.3 Å². The molecule has 3 rings (SSSR count). The van der Waals surface area contributed by atoms with E-state index in [-0.39, 0.29) is 11.5 Å². The van der Waals surface area contributed by atoms with Crippen LogP contribution in [0.2, 0.25) is 0 Å². The van der Waals surface area contributed by atoms with Gasteiger partial charge < -0.3 is 4.42 Å². The Labute approximate surface area is 141 Å². The number of aromatic nitrogens is 5. The van der Waals surface area contributed by atoms with Gasteiger partial charge in [-0.3, -0.25) is 5.32 Å². The Balaban J connectivity index is 1.70. The maximum atomic E-state index is 5.62. The molecule has 0 radical (unpaired) electrons. The monoisotopic (exact) mass is 326 g/mol. The van der Waals surface area contributed by atoms with Crippen molar-refractivity contribution in [3.63, 3.8) is 0 Å². The predicted molar refractivity (Wildman–Crippen MR) is 89.6 cm³/mol. The number of nitrogens with one attached hydrogen (secondary N) is 1. The van der Waals surface area contributed by atoms with Crippen LogP contribution >= 0.6 is 0 Å². The largest absolute Gasteiger partial charge is 0.424 e. The molecule has 1 aromatic carbocycles. The lowest BCUT2D eigenvalue weighted by molar-refractivity contribution is 0.346. The van der Waals surface area contributed by atoms with Gasteiger partial charge in [-0.2, -0.15) is 0 Å². The van der Waals surface area contributed by atoms with Gasteiger partial charge in [0, 0.05) is 5.92 Å². The van der Waals surface area contributed by atoms with Crippen LogP contribution in [-0.2, 0) is 12.1 Å². The molecule has 0 bridgehead atoms. The van der Waals surface area contributed by atoms with Gasteiger partial charge >= 0.3 is 0 Å². The van der Waals surface area contributed by atoms with E-state index >= 15 is 0 Å². The normalized spacial score (nSPS) is 12.0. The smallest absolute Gasteiger partial charge is 0.230 e. The Hall–Kier alpha value is -2.54. The summed E-state index contributed by atoms with van der Waals surface area (Å²) in [6.45, 7) is 8.62. The third-order valence-electron chi connectivity index (χ3n) is 3.81. The molecule has 1 N–H and O–H groups in total. The molecule has 0 atom stereocenters. The van der Waals surface area contributed by atoms with Crippen LogP contribution in [0, 0.1) is 0 Å². The summed E-state index contributed by atoms with van der Waals surface area (Å²) in [4.78, 5) is 0. The highest BCUT2D eigenvalue weighted by Crippen LogP contribution is 2.19. The average Bonchev–Trinajstić information content (AvgIpc) is 3.24. The molecule has 24 heavy (non-hydrogen) atoms. The Morgan fingerprint density at radius 3 is 2.54 bits per heavy atom. The minimum atomic E-state index is -0.376. The van der Waals surface area contributed by atoms with Crippen molar-refractivity contribution in [2.45, 2.75) is 45.7 Å². The van der Waals surface area contributed by atoms with E-state index in [0.29, 0.717) is 18.3 Å². The van der Waals surface area contributed by atoms with Gasteiger partial charge in [0.25, 0.3) is 0 Å². The number of nitrogens with zero attached hydrogens (tertiary/aromatic N) is 5. The third-order valence-corrected chi connectivity index (χ3v) is 3.81. The molecular weight excluding hydrogens is 304 g/mol. The fourth-order valence-corrected chi connectivity index (χ4v) is 2.22. The molecule has 0 aliphatic carbocycles. The molecule has 0 spiro atoms. The number of para-hydroxylation sites is 1. The number of hydrogen-bond acceptors (Lipinski definition) is 6. The zero-order valence-corrected chi connectivity index (χ0v) is 14.4. The summed E-state index contributed by atoms with van der Waals surface area (Å²) < 4.78 is 7.39. The van der Waals surface area contributed by atoms with Crippen LogP contribution < -0.4 is 5.32 Å². The van der Waals surface area contributed by atoms with E-state index in [9.17, 15) is 0 Å². The highest BCUT2D eigenvalue weighted by Gasteiger charge is 2.25. The number of benzene rings is 1. The molecule has 3 aromatic rings. The van der Waals surface area contributed by atoms with Crippen molar-refractivity contribution in [2.24, 2.45) is 0 Å². The van der Waals surface area contributed by atoms with E-state index in [1.165, 1.54) is 0 Å². The first-order valence-corrected chi connectivity index (χ1v) is 8.01. The van der Waals surface area contributed by atoms with E-state index in [4.69, 9.17) is 4.42 Å². The fourth-order valence-electron chi connectivity index (χ4n) is 2.22. The maximum absolute atomic E-state index is 5.62. The van der Waals surface area contributed by atoms with Crippen molar-refractivity contribution >= 4 is 0 Å². The Kier molecular flexibility index (Phi) is 4.44. The molecule has 2 aromatic heterocycles. The molecule has 7 nitrogen and oxygen atoms in total. The summed E-state index contributed by atoms with van der Waals surface area (Å²) in [7, 11) is 0. The maximum Gasteiger partial charge on any atom is 0.230 e. The second-order valence-corrected chi connectivity index (χ2v) is 6.55. The van der Waals surface area contributed by atoms with Crippen molar-refractivity contribution < 1.29 is 4.42 Å².